The summed E-state index contributed by atoms with van der Waals surface area (Å²) in [5.41, 5.74) is 0.327. The first-order valence-electron chi connectivity index (χ1n) is 10.7. The molecule has 1 amide bonds. The Bertz CT molecular complexity index is 726. The minimum atomic E-state index is -4.31. The van der Waals surface area contributed by atoms with Crippen molar-refractivity contribution in [1.29, 1.82) is 0 Å². The van der Waals surface area contributed by atoms with Crippen LogP contribution in [0, 0.1) is 11.3 Å². The fourth-order valence-electron chi connectivity index (χ4n) is 4.88. The molecule has 7 heteroatoms. The van der Waals surface area contributed by atoms with Crippen LogP contribution in [0.5, 0.6) is 0 Å². The van der Waals surface area contributed by atoms with E-state index in [1.807, 2.05) is 0 Å². The van der Waals surface area contributed by atoms with Gasteiger partial charge in [0, 0.05) is 19.0 Å². The minimum absolute atomic E-state index is 0.0533. The summed E-state index contributed by atoms with van der Waals surface area (Å²) in [5.74, 6) is 1.09. The minimum Gasteiger partial charge on any atom is -0.311 e. The maximum atomic E-state index is 13.2. The molecule has 156 valence electrons. The molecule has 0 spiro atoms. The van der Waals surface area contributed by atoms with E-state index in [0.29, 0.717) is 17.7 Å². The number of carbonyl (C=O) groups is 1. The first kappa shape index (κ1) is 19.8. The van der Waals surface area contributed by atoms with Crippen molar-refractivity contribution in [2.45, 2.75) is 89.1 Å². The van der Waals surface area contributed by atoms with Crippen molar-refractivity contribution in [3.05, 3.63) is 11.3 Å². The zero-order chi connectivity index (χ0) is 19.9. The maximum Gasteiger partial charge on any atom is 0.395 e. The molecule has 4 nitrogen and oxygen atoms in total. The van der Waals surface area contributed by atoms with Gasteiger partial charge in [0.2, 0.25) is 5.91 Å². The van der Waals surface area contributed by atoms with E-state index in [4.69, 9.17) is 5.10 Å². The monoisotopic (exact) mass is 397 g/mol. The van der Waals surface area contributed by atoms with E-state index >= 15 is 0 Å². The molecule has 3 aliphatic rings. The number of anilines is 1. The third-order valence-electron chi connectivity index (χ3n) is 7.09. The number of hydrogen-bond donors (Lipinski definition) is 1. The smallest absolute Gasteiger partial charge is 0.311 e. The van der Waals surface area contributed by atoms with Crippen molar-refractivity contribution in [3.63, 3.8) is 0 Å². The molecule has 28 heavy (non-hydrogen) atoms. The molecule has 0 atom stereocenters. The second-order valence-corrected chi connectivity index (χ2v) is 9.17. The Hall–Kier alpha value is -1.53. The predicted octanol–water partition coefficient (Wildman–Crippen LogP) is 5.48. The van der Waals surface area contributed by atoms with Crippen LogP contribution in [0.15, 0.2) is 0 Å². The summed E-state index contributed by atoms with van der Waals surface area (Å²) in [6, 6.07) is 0. The van der Waals surface area contributed by atoms with Gasteiger partial charge in [0.25, 0.3) is 0 Å². The van der Waals surface area contributed by atoms with Gasteiger partial charge in [-0.05, 0) is 43.9 Å². The van der Waals surface area contributed by atoms with Gasteiger partial charge in [-0.2, -0.15) is 18.3 Å². The van der Waals surface area contributed by atoms with Gasteiger partial charge >= 0.3 is 6.18 Å². The molecule has 1 aromatic heterocycles. The zero-order valence-electron chi connectivity index (χ0n) is 16.6. The Kier molecular flexibility index (Phi) is 5.21. The fraction of sp³-hybridized carbons (Fsp3) is 0.810. The van der Waals surface area contributed by atoms with Crippen LogP contribution in [-0.2, 0) is 18.3 Å². The third kappa shape index (κ3) is 3.81. The predicted molar refractivity (Wildman–Crippen MR) is 101 cm³/mol. The molecule has 0 unspecified atom stereocenters. The van der Waals surface area contributed by atoms with Gasteiger partial charge in [-0.15, -0.1) is 0 Å². The van der Waals surface area contributed by atoms with Crippen LogP contribution in [0.3, 0.4) is 0 Å². The van der Waals surface area contributed by atoms with Gasteiger partial charge in [-0.1, -0.05) is 38.5 Å². The number of amides is 1. The highest BCUT2D eigenvalue weighted by molar-refractivity contribution is 5.91. The molecule has 0 bridgehead atoms. The molecule has 0 saturated heterocycles. The van der Waals surface area contributed by atoms with E-state index < -0.39 is 23.9 Å². The molecule has 0 aliphatic heterocycles. The van der Waals surface area contributed by atoms with Gasteiger partial charge in [0.15, 0.2) is 0 Å². The molecule has 1 N–H and O–H groups in total. The summed E-state index contributed by atoms with van der Waals surface area (Å²) in [7, 11) is 1.79. The first-order chi connectivity index (χ1) is 13.3. The number of rotatable bonds is 6. The molecule has 3 saturated carbocycles. The van der Waals surface area contributed by atoms with E-state index in [2.05, 4.69) is 5.32 Å². The van der Waals surface area contributed by atoms with Crippen LogP contribution in [0.4, 0.5) is 19.0 Å². The van der Waals surface area contributed by atoms with Crippen LogP contribution >= 0.6 is 0 Å². The normalized spacial score (nSPS) is 22.7. The number of nitrogens with zero attached hydrogens (tertiary/aromatic N) is 2. The quantitative estimate of drug-likeness (QED) is 0.691. The second kappa shape index (κ2) is 7.38. The summed E-state index contributed by atoms with van der Waals surface area (Å²) in [6.07, 6.45) is 5.80. The Morgan fingerprint density at radius 2 is 1.82 bits per heavy atom. The topological polar surface area (TPSA) is 46.9 Å². The van der Waals surface area contributed by atoms with Gasteiger partial charge < -0.3 is 5.32 Å². The number of alkyl halides is 3. The van der Waals surface area contributed by atoms with Crippen LogP contribution in [0.1, 0.15) is 87.8 Å². The van der Waals surface area contributed by atoms with Crippen molar-refractivity contribution < 1.29 is 18.0 Å². The van der Waals surface area contributed by atoms with Gasteiger partial charge in [0.05, 0.1) is 11.1 Å². The average Bonchev–Trinajstić information content (AvgIpc) is 3.31. The molecule has 3 fully saturated rings. The number of halogens is 3. The molecule has 3 aliphatic carbocycles. The van der Waals surface area contributed by atoms with Crippen LogP contribution < -0.4 is 5.32 Å². The highest BCUT2D eigenvalue weighted by atomic mass is 19.4. The van der Waals surface area contributed by atoms with Crippen molar-refractivity contribution in [2.24, 2.45) is 18.4 Å². The van der Waals surface area contributed by atoms with Crippen molar-refractivity contribution in [2.75, 3.05) is 5.32 Å². The number of aromatic nitrogens is 2. The lowest BCUT2D eigenvalue weighted by molar-refractivity contribution is -0.189. The Balaban J connectivity index is 1.52. The molecule has 1 heterocycles. The average molecular weight is 397 g/mol. The van der Waals surface area contributed by atoms with Crippen molar-refractivity contribution >= 4 is 11.7 Å². The summed E-state index contributed by atoms with van der Waals surface area (Å²) in [6.45, 7) is 0. The molecule has 0 aromatic carbocycles. The summed E-state index contributed by atoms with van der Waals surface area (Å²) < 4.78 is 41.3. The van der Waals surface area contributed by atoms with E-state index in [0.717, 1.165) is 36.9 Å². The van der Waals surface area contributed by atoms with Crippen molar-refractivity contribution in [3.8, 4) is 0 Å². The molecule has 4 rings (SSSR count). The second-order valence-electron chi connectivity index (χ2n) is 9.17. The van der Waals surface area contributed by atoms with Crippen LogP contribution in [0.2, 0.25) is 0 Å². The fourth-order valence-corrected chi connectivity index (χ4v) is 4.88. The highest BCUT2D eigenvalue weighted by Crippen LogP contribution is 2.60. The zero-order valence-corrected chi connectivity index (χ0v) is 16.6. The Morgan fingerprint density at radius 1 is 1.14 bits per heavy atom. The molecule has 1 aromatic rings. The summed E-state index contributed by atoms with van der Waals surface area (Å²) in [4.78, 5) is 12.5. The number of carbonyl (C=O) groups excluding carboxylic acids is 1. The lowest BCUT2D eigenvalue weighted by Crippen LogP contribution is -2.30. The van der Waals surface area contributed by atoms with Crippen LogP contribution in [0.25, 0.3) is 0 Å². The van der Waals surface area contributed by atoms with Gasteiger partial charge in [-0.3, -0.25) is 9.48 Å². The Labute approximate surface area is 164 Å². The highest BCUT2D eigenvalue weighted by Gasteiger charge is 2.63. The van der Waals surface area contributed by atoms with Gasteiger partial charge in [-0.25, -0.2) is 0 Å². The number of nitrogens with one attached hydrogen (secondary N) is 1. The molecule has 0 radical (unpaired) electrons. The largest absolute Gasteiger partial charge is 0.395 e. The van der Waals surface area contributed by atoms with Gasteiger partial charge in [0.1, 0.15) is 5.82 Å². The lowest BCUT2D eigenvalue weighted by atomic mass is 9.77. The Morgan fingerprint density at radius 3 is 2.36 bits per heavy atom. The number of aryl methyl sites for hydroxylation is 1. The lowest BCUT2D eigenvalue weighted by Gasteiger charge is -2.28. The van der Waals surface area contributed by atoms with E-state index in [-0.39, 0.29) is 12.8 Å². The maximum absolute atomic E-state index is 13.2. The van der Waals surface area contributed by atoms with Crippen molar-refractivity contribution in [1.82, 2.24) is 9.78 Å². The third-order valence-corrected chi connectivity index (χ3v) is 7.09. The van der Waals surface area contributed by atoms with E-state index in [9.17, 15) is 18.0 Å². The van der Waals surface area contributed by atoms with Crippen LogP contribution in [-0.4, -0.2) is 21.9 Å². The van der Waals surface area contributed by atoms with E-state index in [1.165, 1.54) is 32.1 Å². The van der Waals surface area contributed by atoms with E-state index in [1.54, 1.807) is 11.7 Å². The molecular formula is C21H30F3N3O. The summed E-state index contributed by atoms with van der Waals surface area (Å²) >= 11 is 0. The molecular weight excluding hydrogens is 367 g/mol. The summed E-state index contributed by atoms with van der Waals surface area (Å²) in [5, 5.41) is 7.52. The number of hydrogen-bond acceptors (Lipinski definition) is 2. The SMILES string of the molecule is Cn1nc(CC2CCCCC2)c(C2CCC2)c1NC(=O)CC1(C(F)(F)F)CC1. The standard InChI is InChI=1S/C21H30F3N3O/c1-27-19(25-17(28)13-20(10-11-20)21(22,23)24)18(15-8-5-9-15)16(26-27)12-14-6-3-2-4-7-14/h14-15H,2-13H2,1H3,(H,25,28). The first-order valence-corrected chi connectivity index (χ1v) is 10.7.